The van der Waals surface area contributed by atoms with E-state index in [1.54, 1.807) is 0 Å². The van der Waals surface area contributed by atoms with Crippen molar-refractivity contribution in [1.82, 2.24) is 4.57 Å². The maximum absolute atomic E-state index is 2.56. The lowest BCUT2D eigenvalue weighted by molar-refractivity contribution is 0.333. The highest BCUT2D eigenvalue weighted by atomic mass is 15.1. The van der Waals surface area contributed by atoms with Crippen LogP contribution in [0.2, 0.25) is 0 Å². The monoisotopic (exact) mass is 910 g/mol. The summed E-state index contributed by atoms with van der Waals surface area (Å²) < 4.78 is 2.41. The molecule has 0 atom stereocenters. The van der Waals surface area contributed by atoms with Gasteiger partial charge in [0.1, 0.15) is 0 Å². The number of hydrogen-bond donors (Lipinski definition) is 0. The highest BCUT2D eigenvalue weighted by Gasteiger charge is 2.52. The Morgan fingerprint density at radius 1 is 0.352 bits per heavy atom. The van der Waals surface area contributed by atoms with E-state index in [9.17, 15) is 0 Å². The van der Waals surface area contributed by atoms with Crippen LogP contribution in [0.3, 0.4) is 0 Å². The fourth-order valence-electron chi connectivity index (χ4n) is 13.3. The lowest BCUT2D eigenvalue weighted by Crippen LogP contribution is -2.34. The second-order valence-corrected chi connectivity index (χ2v) is 21.4. The van der Waals surface area contributed by atoms with Crippen molar-refractivity contribution in [3.63, 3.8) is 0 Å². The van der Waals surface area contributed by atoms with Crippen molar-refractivity contribution < 1.29 is 0 Å². The van der Waals surface area contributed by atoms with Crippen molar-refractivity contribution in [2.45, 2.75) is 56.8 Å². The van der Waals surface area contributed by atoms with Crippen molar-refractivity contribution in [3.8, 4) is 50.2 Å². The van der Waals surface area contributed by atoms with Crippen molar-refractivity contribution in [1.29, 1.82) is 0 Å². The molecule has 0 fully saturated rings. The maximum atomic E-state index is 2.56. The quantitative estimate of drug-likeness (QED) is 0.161. The summed E-state index contributed by atoms with van der Waals surface area (Å²) >= 11 is 0. The van der Waals surface area contributed by atoms with E-state index in [0.717, 1.165) is 22.7 Å². The molecule has 2 heteroatoms. The fourth-order valence-corrected chi connectivity index (χ4v) is 13.3. The summed E-state index contributed by atoms with van der Waals surface area (Å²) in [6, 6.07) is 86.8. The van der Waals surface area contributed by atoms with Gasteiger partial charge in [0.05, 0.1) is 22.1 Å². The Hall–Kier alpha value is -8.20. The lowest BCUT2D eigenvalue weighted by Gasteiger charge is -2.43. The van der Waals surface area contributed by atoms with Gasteiger partial charge in [-0.1, -0.05) is 198 Å². The van der Waals surface area contributed by atoms with Crippen molar-refractivity contribution in [2.24, 2.45) is 0 Å². The molecule has 10 aromatic carbocycles. The third-order valence-electron chi connectivity index (χ3n) is 16.7. The number of benzene rings is 10. The maximum Gasteiger partial charge on any atom is 0.0726 e. The minimum absolute atomic E-state index is 0.0847. The van der Waals surface area contributed by atoms with Gasteiger partial charge in [-0.2, -0.15) is 0 Å². The van der Waals surface area contributed by atoms with Crippen LogP contribution in [0.15, 0.2) is 231 Å². The molecule has 0 unspecified atom stereocenters. The topological polar surface area (TPSA) is 8.17 Å². The molecule has 0 bridgehead atoms. The summed E-state index contributed by atoms with van der Waals surface area (Å²) in [6.45, 7) is 9.72. The number of anilines is 3. The molecule has 11 aromatic rings. The van der Waals surface area contributed by atoms with Crippen molar-refractivity contribution >= 4 is 38.9 Å². The number of aromatic nitrogens is 1. The molecule has 0 N–H and O–H groups in total. The average Bonchev–Trinajstić information content (AvgIpc) is 4.02. The van der Waals surface area contributed by atoms with E-state index in [4.69, 9.17) is 0 Å². The highest BCUT2D eigenvalue weighted by molar-refractivity contribution is 6.09. The van der Waals surface area contributed by atoms with Crippen LogP contribution in [-0.4, -0.2) is 4.57 Å². The number of fused-ring (bicyclic) bond motifs is 14. The largest absolute Gasteiger partial charge is 0.310 e. The van der Waals surface area contributed by atoms with Gasteiger partial charge < -0.3 is 9.47 Å². The molecule has 1 spiro atoms. The van der Waals surface area contributed by atoms with Gasteiger partial charge in [0, 0.05) is 33.4 Å². The second-order valence-electron chi connectivity index (χ2n) is 21.4. The van der Waals surface area contributed by atoms with Crippen LogP contribution >= 0.6 is 0 Å². The molecule has 0 radical (unpaired) electrons. The first-order valence-electron chi connectivity index (χ1n) is 25.4. The van der Waals surface area contributed by atoms with Gasteiger partial charge in [0.25, 0.3) is 0 Å². The van der Waals surface area contributed by atoms with E-state index in [-0.39, 0.29) is 10.8 Å². The number of hydrogen-bond acceptors (Lipinski definition) is 1. The van der Waals surface area contributed by atoms with Gasteiger partial charge in [-0.05, 0) is 157 Å². The van der Waals surface area contributed by atoms with Crippen LogP contribution < -0.4 is 4.90 Å². The summed E-state index contributed by atoms with van der Waals surface area (Å²) in [6.07, 6.45) is 2.37. The molecule has 0 aliphatic heterocycles. The normalized spacial score (nSPS) is 15.3. The first kappa shape index (κ1) is 41.7. The first-order chi connectivity index (χ1) is 34.7. The Bertz CT molecular complexity index is 3820. The molecular weight excluding hydrogens is 857 g/mol. The summed E-state index contributed by atoms with van der Waals surface area (Å²) in [5.74, 6) is 0. The Balaban J connectivity index is 1.02. The number of para-hydroxylation sites is 3. The molecule has 14 rings (SSSR count). The minimum atomic E-state index is -0.494. The van der Waals surface area contributed by atoms with Crippen molar-refractivity contribution in [2.75, 3.05) is 4.90 Å². The van der Waals surface area contributed by atoms with Gasteiger partial charge in [-0.25, -0.2) is 0 Å². The standard InChI is InChI=1S/C69H54N2/c1-67(2)41-42-68(3,4)66-50(26-18-30-61(66)67)45-33-35-46(36-34-45)56-43-57-53-23-10-15-29-60(53)69(58-27-13-8-21-51(58)52-22-9-14-28-59(52)69)62(57)44-65(56)70(47-19-6-5-7-20-47)48-37-39-49(40-38-48)71-63-31-16-11-24-54(63)55-25-12-17-32-64(55)71/h5-40,43-44H,41-42H2,1-4H3. The first-order valence-corrected chi connectivity index (χ1v) is 25.4. The summed E-state index contributed by atoms with van der Waals surface area (Å²) in [5, 5.41) is 2.52. The van der Waals surface area contributed by atoms with Crippen LogP contribution in [0, 0.1) is 0 Å². The SMILES string of the molecule is CC1(C)CCC(C)(C)c2c(-c3ccc(-c4cc5c(cc4N(c4ccccc4)c4ccc(-n6c7ccccc7c7ccccc76)cc4)C4(c6ccccc6-c6ccccc64)c4ccccc4-5)cc3)cccc21. The molecular formula is C69H54N2. The van der Waals surface area contributed by atoms with E-state index >= 15 is 0 Å². The van der Waals surface area contributed by atoms with Crippen LogP contribution in [0.4, 0.5) is 17.1 Å². The molecule has 0 saturated heterocycles. The van der Waals surface area contributed by atoms with Gasteiger partial charge >= 0.3 is 0 Å². The zero-order chi connectivity index (χ0) is 47.6. The minimum Gasteiger partial charge on any atom is -0.310 e. The van der Waals surface area contributed by atoms with Crippen LogP contribution in [-0.2, 0) is 16.2 Å². The third-order valence-corrected chi connectivity index (χ3v) is 16.7. The Kier molecular flexibility index (Phi) is 9.05. The molecule has 1 heterocycles. The van der Waals surface area contributed by atoms with Crippen LogP contribution in [0.5, 0.6) is 0 Å². The van der Waals surface area contributed by atoms with E-state index in [1.165, 1.54) is 113 Å². The number of rotatable bonds is 6. The smallest absolute Gasteiger partial charge is 0.0726 e. The molecule has 0 saturated carbocycles. The highest BCUT2D eigenvalue weighted by Crippen LogP contribution is 2.64. The van der Waals surface area contributed by atoms with E-state index in [1.807, 2.05) is 0 Å². The molecule has 1 aromatic heterocycles. The molecule has 0 amide bonds. The summed E-state index contributed by atoms with van der Waals surface area (Å²) in [4.78, 5) is 2.50. The fraction of sp³-hybridized carbons (Fsp3) is 0.130. The molecule has 3 aliphatic rings. The third kappa shape index (κ3) is 6.01. The zero-order valence-corrected chi connectivity index (χ0v) is 40.7. The number of nitrogens with zero attached hydrogens (tertiary/aromatic N) is 2. The lowest BCUT2D eigenvalue weighted by atomic mass is 9.61. The Labute approximate surface area is 417 Å². The summed E-state index contributed by atoms with van der Waals surface area (Å²) in [7, 11) is 0. The van der Waals surface area contributed by atoms with Gasteiger partial charge in [-0.15, -0.1) is 0 Å². The zero-order valence-electron chi connectivity index (χ0n) is 40.7. The summed E-state index contributed by atoms with van der Waals surface area (Å²) in [5.41, 5.74) is 25.1. The Morgan fingerprint density at radius 2 is 0.817 bits per heavy atom. The molecule has 2 nitrogen and oxygen atoms in total. The second kappa shape index (κ2) is 15.4. The predicted molar refractivity (Wildman–Crippen MR) is 298 cm³/mol. The van der Waals surface area contributed by atoms with Gasteiger partial charge in [0.2, 0.25) is 0 Å². The predicted octanol–water partition coefficient (Wildman–Crippen LogP) is 18.3. The van der Waals surface area contributed by atoms with Crippen LogP contribution in [0.25, 0.3) is 72.0 Å². The van der Waals surface area contributed by atoms with Crippen LogP contribution in [0.1, 0.15) is 73.9 Å². The van der Waals surface area contributed by atoms with Crippen molar-refractivity contribution in [3.05, 3.63) is 264 Å². The Morgan fingerprint density at radius 3 is 1.42 bits per heavy atom. The van der Waals surface area contributed by atoms with E-state index in [0.29, 0.717) is 0 Å². The molecule has 340 valence electrons. The average molecular weight is 911 g/mol. The molecule has 71 heavy (non-hydrogen) atoms. The van der Waals surface area contributed by atoms with Gasteiger partial charge in [-0.3, -0.25) is 0 Å². The van der Waals surface area contributed by atoms with Gasteiger partial charge in [0.15, 0.2) is 0 Å². The van der Waals surface area contributed by atoms with E-state index < -0.39 is 5.41 Å². The molecule has 3 aliphatic carbocycles. The van der Waals surface area contributed by atoms with E-state index in [2.05, 4.69) is 268 Å².